The van der Waals surface area contributed by atoms with Crippen LogP contribution in [0, 0.1) is 87.3 Å². The molecule has 0 bridgehead atoms. The van der Waals surface area contributed by atoms with Gasteiger partial charge in [0, 0.05) is 0 Å². The van der Waals surface area contributed by atoms with Gasteiger partial charge in [-0.3, -0.25) is 0 Å². The molecule has 0 atom stereocenters. The maximum atomic E-state index is 12.5. The average molecular weight is 678 g/mol. The third-order valence-corrected chi connectivity index (χ3v) is 4.24. The minimum absolute atomic E-state index is 0. The summed E-state index contributed by atoms with van der Waals surface area (Å²) in [5.41, 5.74) is -5.91. The van der Waals surface area contributed by atoms with Crippen molar-refractivity contribution in [2.45, 2.75) is 0 Å². The van der Waals surface area contributed by atoms with Crippen LogP contribution in [0.3, 0.4) is 0 Å². The maximum Gasteiger partial charge on any atom is 3.00 e. The van der Waals surface area contributed by atoms with Crippen molar-refractivity contribution in [3.8, 4) is 0 Å². The SMILES string of the molecule is O=C([O-])c1c(F)c(F)c(F)c(F)c1F.O=C([O-])c1c(F)c(F)c(F)c(F)c1F.O=C([O-])c1c(F)c(F)c(F)c(F)c1F.[Sc+3]. The number of benzene rings is 3. The number of carbonyl (C=O) groups excluding carboxylic acids is 3. The number of aromatic carboxylic acids is 3. The molecule has 0 amide bonds. The monoisotopic (exact) mass is 678 g/mol. The van der Waals surface area contributed by atoms with Crippen LogP contribution < -0.4 is 15.3 Å². The van der Waals surface area contributed by atoms with Crippen LogP contribution in [0.5, 0.6) is 0 Å². The van der Waals surface area contributed by atoms with Gasteiger partial charge >= 0.3 is 25.8 Å². The molecule has 3 rings (SSSR count). The fraction of sp³-hybridized carbons (Fsp3) is 0. The Morgan fingerprint density at radius 2 is 0.372 bits per heavy atom. The zero-order valence-corrected chi connectivity index (χ0v) is 21.0. The topological polar surface area (TPSA) is 120 Å². The van der Waals surface area contributed by atoms with Gasteiger partial charge in [-0.15, -0.1) is 0 Å². The molecule has 0 aliphatic rings. The molecular weight excluding hydrogens is 678 g/mol. The predicted molar refractivity (Wildman–Crippen MR) is 91.7 cm³/mol. The van der Waals surface area contributed by atoms with E-state index in [0.717, 1.165) is 0 Å². The summed E-state index contributed by atoms with van der Waals surface area (Å²) >= 11 is 0. The van der Waals surface area contributed by atoms with Gasteiger partial charge in [0.05, 0.1) is 34.6 Å². The number of hydrogen-bond acceptors (Lipinski definition) is 6. The Labute approximate surface area is 243 Å². The van der Waals surface area contributed by atoms with E-state index in [1.807, 2.05) is 0 Å². The van der Waals surface area contributed by atoms with Gasteiger partial charge in [0.1, 0.15) is 0 Å². The average Bonchev–Trinajstić information content (AvgIpc) is 2.91. The molecular formula is C21F15O6Sc. The van der Waals surface area contributed by atoms with E-state index in [2.05, 4.69) is 0 Å². The van der Waals surface area contributed by atoms with Crippen molar-refractivity contribution in [3.05, 3.63) is 104 Å². The molecule has 0 unspecified atom stereocenters. The molecule has 0 aliphatic heterocycles. The third-order valence-electron chi connectivity index (χ3n) is 4.24. The summed E-state index contributed by atoms with van der Waals surface area (Å²) in [6.45, 7) is 0. The fourth-order valence-corrected chi connectivity index (χ4v) is 2.35. The third kappa shape index (κ3) is 7.65. The first kappa shape index (κ1) is 38.9. The van der Waals surface area contributed by atoms with Crippen LogP contribution in [-0.4, -0.2) is 17.9 Å². The van der Waals surface area contributed by atoms with Gasteiger partial charge in [-0.05, 0) is 0 Å². The van der Waals surface area contributed by atoms with Crippen LogP contribution in [-0.2, 0) is 25.8 Å². The second-order valence-corrected chi connectivity index (χ2v) is 6.70. The van der Waals surface area contributed by atoms with E-state index in [1.54, 1.807) is 0 Å². The van der Waals surface area contributed by atoms with E-state index in [9.17, 15) is 95.6 Å². The number of carbonyl (C=O) groups is 3. The molecule has 0 spiro atoms. The first-order valence-corrected chi connectivity index (χ1v) is 9.31. The van der Waals surface area contributed by atoms with Crippen molar-refractivity contribution in [1.29, 1.82) is 0 Å². The number of halogens is 15. The standard InChI is InChI=1S/3C7HF5O2.Sc/c3*8-2-1(7(13)14)3(9)5(11)6(12)4(2)10;/h3*(H,13,14);/q;;;+3/p-3. The maximum absolute atomic E-state index is 12.5. The summed E-state index contributed by atoms with van der Waals surface area (Å²) in [6, 6.07) is 0. The van der Waals surface area contributed by atoms with E-state index < -0.39 is 122 Å². The van der Waals surface area contributed by atoms with E-state index in [1.165, 1.54) is 0 Å². The van der Waals surface area contributed by atoms with Crippen molar-refractivity contribution in [2.75, 3.05) is 0 Å². The second kappa shape index (κ2) is 14.9. The zero-order valence-electron chi connectivity index (χ0n) is 19.2. The van der Waals surface area contributed by atoms with E-state index in [-0.39, 0.29) is 25.8 Å². The van der Waals surface area contributed by atoms with Crippen molar-refractivity contribution in [3.63, 3.8) is 0 Å². The number of carboxylic acids is 3. The Hall–Kier alpha value is -4.11. The summed E-state index contributed by atoms with van der Waals surface area (Å²) in [6.07, 6.45) is 0. The van der Waals surface area contributed by atoms with Crippen LogP contribution >= 0.6 is 0 Å². The molecule has 3 aromatic carbocycles. The Morgan fingerprint density at radius 3 is 0.465 bits per heavy atom. The van der Waals surface area contributed by atoms with Gasteiger partial charge in [-0.1, -0.05) is 0 Å². The largest absolute Gasteiger partial charge is 3.00 e. The quantitative estimate of drug-likeness (QED) is 0.238. The summed E-state index contributed by atoms with van der Waals surface area (Å²) < 4.78 is 186. The van der Waals surface area contributed by atoms with Crippen molar-refractivity contribution < 1.29 is 121 Å². The Morgan fingerprint density at radius 1 is 0.279 bits per heavy atom. The van der Waals surface area contributed by atoms with Crippen LogP contribution in [0.2, 0.25) is 0 Å². The number of carboxylic acid groups (broad SMARTS) is 3. The smallest absolute Gasteiger partial charge is 0.545 e. The van der Waals surface area contributed by atoms with Crippen LogP contribution in [0.4, 0.5) is 65.9 Å². The Bertz CT molecular complexity index is 1350. The van der Waals surface area contributed by atoms with Gasteiger partial charge in [0.25, 0.3) is 0 Å². The molecule has 0 saturated carbocycles. The van der Waals surface area contributed by atoms with Gasteiger partial charge in [0.15, 0.2) is 69.8 Å². The van der Waals surface area contributed by atoms with E-state index in [4.69, 9.17) is 0 Å². The Kier molecular flexibility index (Phi) is 13.4. The molecule has 0 aromatic heterocycles. The first-order chi connectivity index (χ1) is 19.1. The van der Waals surface area contributed by atoms with Crippen LogP contribution in [0.25, 0.3) is 0 Å². The number of hydrogen-bond donors (Lipinski definition) is 0. The predicted octanol–water partition coefficient (Wildman–Crippen LogP) is 2.23. The molecule has 0 radical (unpaired) electrons. The number of rotatable bonds is 3. The molecule has 0 N–H and O–H groups in total. The zero-order chi connectivity index (χ0) is 33.1. The van der Waals surface area contributed by atoms with Gasteiger partial charge in [0.2, 0.25) is 17.5 Å². The van der Waals surface area contributed by atoms with Gasteiger partial charge in [-0.25, -0.2) is 65.9 Å². The summed E-state index contributed by atoms with van der Waals surface area (Å²) in [4.78, 5) is 30.0. The van der Waals surface area contributed by atoms with E-state index >= 15 is 0 Å². The Balaban J connectivity index is 0.000000608. The molecule has 6 nitrogen and oxygen atoms in total. The van der Waals surface area contributed by atoms with Crippen molar-refractivity contribution >= 4 is 17.9 Å². The van der Waals surface area contributed by atoms with Crippen molar-refractivity contribution in [2.24, 2.45) is 0 Å². The molecule has 0 saturated heterocycles. The molecule has 43 heavy (non-hydrogen) atoms. The van der Waals surface area contributed by atoms with E-state index in [0.29, 0.717) is 0 Å². The van der Waals surface area contributed by atoms with Gasteiger partial charge in [-0.2, -0.15) is 0 Å². The molecule has 0 fully saturated rings. The summed E-state index contributed by atoms with van der Waals surface area (Å²) in [5.74, 6) is -43.1. The van der Waals surface area contributed by atoms with Crippen molar-refractivity contribution in [1.82, 2.24) is 0 Å². The normalized spacial score (nSPS) is 10.1. The van der Waals surface area contributed by atoms with Crippen LogP contribution in [0.1, 0.15) is 31.1 Å². The first-order valence-electron chi connectivity index (χ1n) is 9.31. The summed E-state index contributed by atoms with van der Waals surface area (Å²) in [7, 11) is 0. The minimum Gasteiger partial charge on any atom is -0.545 e. The molecule has 0 aliphatic carbocycles. The molecule has 22 heteroatoms. The van der Waals surface area contributed by atoms with Crippen LogP contribution in [0.15, 0.2) is 0 Å². The second-order valence-electron chi connectivity index (χ2n) is 6.70. The molecule has 228 valence electrons. The van der Waals surface area contributed by atoms with Gasteiger partial charge < -0.3 is 29.7 Å². The molecule has 3 aromatic rings. The minimum atomic E-state index is -2.47. The molecule has 0 heterocycles. The fourth-order valence-electron chi connectivity index (χ4n) is 2.35. The summed E-state index contributed by atoms with van der Waals surface area (Å²) in [5, 5.41) is 30.0.